The number of alkyl halides is 1. The molecule has 1 aromatic carbocycles. The minimum absolute atomic E-state index is 0.00504. The van der Waals surface area contributed by atoms with Gasteiger partial charge in [0.05, 0.1) is 30.6 Å². The van der Waals surface area contributed by atoms with Crippen LogP contribution in [0.3, 0.4) is 0 Å². The number of amides is 1. The van der Waals surface area contributed by atoms with Crippen molar-refractivity contribution in [3.63, 3.8) is 0 Å². The number of aryl methyl sites for hydroxylation is 1. The molecule has 1 saturated heterocycles. The van der Waals surface area contributed by atoms with Crippen molar-refractivity contribution in [3.8, 4) is 5.75 Å². The molecule has 1 saturated carbocycles. The van der Waals surface area contributed by atoms with Crippen molar-refractivity contribution in [2.45, 2.75) is 56.4 Å². The van der Waals surface area contributed by atoms with Crippen molar-refractivity contribution < 1.29 is 19.0 Å². The monoisotopic (exact) mass is 512 g/mol. The number of fused-ring (bicyclic) bond motifs is 1. The number of H-pyrrole nitrogens is 1. The third kappa shape index (κ3) is 4.90. The van der Waals surface area contributed by atoms with Crippen LogP contribution < -0.4 is 16.2 Å². The lowest BCUT2D eigenvalue weighted by molar-refractivity contribution is -0.133. The number of likely N-dealkylation sites (N-methyl/N-ethyl adjacent to an activating group) is 1. The normalized spacial score (nSPS) is 28.3. The summed E-state index contributed by atoms with van der Waals surface area (Å²) in [6.07, 6.45) is 5.15. The van der Waals surface area contributed by atoms with Crippen LogP contribution >= 0.6 is 0 Å². The van der Waals surface area contributed by atoms with Gasteiger partial charge in [0.1, 0.15) is 23.8 Å². The van der Waals surface area contributed by atoms with Crippen molar-refractivity contribution in [3.05, 3.63) is 53.1 Å². The number of carbonyl (C=O) groups excluding carboxylic acids is 1. The van der Waals surface area contributed by atoms with Gasteiger partial charge in [-0.2, -0.15) is 0 Å². The number of phenols is 1. The Bertz CT molecular complexity index is 1150. The lowest BCUT2D eigenvalue weighted by Crippen LogP contribution is -2.46. The fraction of sp³-hybridized carbons (Fsp3) is 0.556. The summed E-state index contributed by atoms with van der Waals surface area (Å²) in [6, 6.07) is 4.46. The standard InChI is InChI=1S/C27H37FN6O3/c1-4-15-11-17(35)5-6-18(15)19-7-8-20-24(23(19)28)32-33-25(20)26-30-12-21(31-26)16-9-10-34(13-16)27(36)22(29-2)14-37-3/h5-6,9,11-12,19-20,22-25,29,32-33,35H,4,7-8,10,13-14H2,1-3H3,(H,30,31)/t19?,20?,22-,23?,24?,25?/m0/s1. The van der Waals surface area contributed by atoms with Crippen molar-refractivity contribution in [1.82, 2.24) is 31.0 Å². The molecule has 2 fully saturated rings. The molecule has 2 aromatic rings. The summed E-state index contributed by atoms with van der Waals surface area (Å²) in [5.74, 6) is 0.862. The van der Waals surface area contributed by atoms with E-state index in [1.54, 1.807) is 37.4 Å². The van der Waals surface area contributed by atoms with Gasteiger partial charge in [-0.25, -0.2) is 14.8 Å². The molecule has 2 aliphatic heterocycles. The van der Waals surface area contributed by atoms with E-state index in [0.717, 1.165) is 47.5 Å². The second-order valence-corrected chi connectivity index (χ2v) is 10.2. The summed E-state index contributed by atoms with van der Waals surface area (Å²) >= 11 is 0. The van der Waals surface area contributed by atoms with Gasteiger partial charge in [0.25, 0.3) is 0 Å². The number of ether oxygens (including phenoxy) is 1. The highest BCUT2D eigenvalue weighted by Gasteiger charge is 2.48. The molecule has 1 aliphatic carbocycles. The lowest BCUT2D eigenvalue weighted by Gasteiger charge is -2.36. The predicted molar refractivity (Wildman–Crippen MR) is 139 cm³/mol. The van der Waals surface area contributed by atoms with E-state index in [4.69, 9.17) is 4.74 Å². The van der Waals surface area contributed by atoms with Gasteiger partial charge in [-0.05, 0) is 55.1 Å². The van der Waals surface area contributed by atoms with Gasteiger partial charge in [-0.15, -0.1) is 0 Å². The zero-order chi connectivity index (χ0) is 26.1. The molecular weight excluding hydrogens is 475 g/mol. The van der Waals surface area contributed by atoms with Crippen LogP contribution in [-0.2, 0) is 16.0 Å². The van der Waals surface area contributed by atoms with Crippen LogP contribution in [0.25, 0.3) is 5.57 Å². The average molecular weight is 513 g/mol. The number of carbonyl (C=O) groups is 1. The molecule has 0 bridgehead atoms. The Balaban J connectivity index is 1.25. The molecule has 3 aliphatic rings. The Morgan fingerprint density at radius 2 is 2.19 bits per heavy atom. The number of nitrogens with zero attached hydrogens (tertiary/aromatic N) is 2. The first-order valence-corrected chi connectivity index (χ1v) is 13.1. The summed E-state index contributed by atoms with van der Waals surface area (Å²) in [4.78, 5) is 22.7. The highest BCUT2D eigenvalue weighted by Crippen LogP contribution is 2.45. The smallest absolute Gasteiger partial charge is 0.242 e. The number of nitrogens with one attached hydrogen (secondary N) is 4. The molecule has 0 radical (unpaired) electrons. The molecule has 200 valence electrons. The van der Waals surface area contributed by atoms with E-state index >= 15 is 4.39 Å². The van der Waals surface area contributed by atoms with Crippen LogP contribution in [0.15, 0.2) is 30.5 Å². The van der Waals surface area contributed by atoms with Gasteiger partial charge in [0, 0.05) is 32.0 Å². The minimum atomic E-state index is -1.05. The third-order valence-corrected chi connectivity index (χ3v) is 8.19. The molecule has 9 nitrogen and oxygen atoms in total. The van der Waals surface area contributed by atoms with E-state index in [1.165, 1.54) is 0 Å². The van der Waals surface area contributed by atoms with Crippen LogP contribution in [0.2, 0.25) is 0 Å². The largest absolute Gasteiger partial charge is 0.508 e. The van der Waals surface area contributed by atoms with Gasteiger partial charge in [-0.3, -0.25) is 10.2 Å². The summed E-state index contributed by atoms with van der Waals surface area (Å²) < 4.78 is 21.0. The Morgan fingerprint density at radius 3 is 2.95 bits per heavy atom. The average Bonchev–Trinajstić information content (AvgIpc) is 3.66. The first kappa shape index (κ1) is 25.8. The molecule has 5 rings (SSSR count). The van der Waals surface area contributed by atoms with Crippen molar-refractivity contribution in [2.75, 3.05) is 33.9 Å². The SMILES string of the molecule is CCc1cc(O)ccc1C1CCC2C(c3ncc(C4=CCN(C(=O)[C@H](COC)NC)C4)[nH]3)NNC2C1F. The van der Waals surface area contributed by atoms with Crippen molar-refractivity contribution in [1.29, 1.82) is 0 Å². The number of imidazole rings is 1. The number of hydrogen-bond donors (Lipinski definition) is 5. The Kier molecular flexibility index (Phi) is 7.62. The van der Waals surface area contributed by atoms with Crippen LogP contribution in [0, 0.1) is 5.92 Å². The van der Waals surface area contributed by atoms with Crippen molar-refractivity contribution in [2.24, 2.45) is 5.92 Å². The molecule has 6 atom stereocenters. The quantitative estimate of drug-likeness (QED) is 0.368. The molecule has 10 heteroatoms. The molecule has 1 amide bonds. The number of hydrazine groups is 1. The second kappa shape index (κ2) is 10.9. The van der Waals surface area contributed by atoms with E-state index in [1.807, 2.05) is 19.1 Å². The van der Waals surface area contributed by atoms with Crippen LogP contribution in [0.1, 0.15) is 54.4 Å². The molecule has 1 aromatic heterocycles. The Hall–Kier alpha value is -2.79. The number of phenolic OH excluding ortho intramolecular Hbond substituents is 1. The number of rotatable bonds is 8. The van der Waals surface area contributed by atoms with E-state index < -0.39 is 6.17 Å². The zero-order valence-electron chi connectivity index (χ0n) is 21.6. The number of aromatic amines is 1. The summed E-state index contributed by atoms with van der Waals surface area (Å²) in [5, 5.41) is 12.9. The number of methoxy groups -OCH3 is 1. The molecule has 0 spiro atoms. The minimum Gasteiger partial charge on any atom is -0.508 e. The van der Waals surface area contributed by atoms with Crippen LogP contribution in [-0.4, -0.2) is 78.0 Å². The molecule has 37 heavy (non-hydrogen) atoms. The lowest BCUT2D eigenvalue weighted by atomic mass is 9.71. The van der Waals surface area contributed by atoms with Gasteiger partial charge in [0.15, 0.2) is 0 Å². The number of benzene rings is 1. The summed E-state index contributed by atoms with van der Waals surface area (Å²) in [5.41, 5.74) is 10.4. The number of hydrogen-bond acceptors (Lipinski definition) is 7. The molecule has 5 unspecified atom stereocenters. The highest BCUT2D eigenvalue weighted by atomic mass is 19.1. The zero-order valence-corrected chi connectivity index (χ0v) is 21.6. The maximum atomic E-state index is 15.9. The number of aromatic hydroxyl groups is 1. The highest BCUT2D eigenvalue weighted by molar-refractivity contribution is 5.85. The van der Waals surface area contributed by atoms with E-state index in [9.17, 15) is 9.90 Å². The number of aromatic nitrogens is 2. The second-order valence-electron chi connectivity index (χ2n) is 10.2. The van der Waals surface area contributed by atoms with E-state index in [2.05, 4.69) is 26.1 Å². The summed E-state index contributed by atoms with van der Waals surface area (Å²) in [6.45, 7) is 3.40. The fourth-order valence-corrected chi connectivity index (χ4v) is 6.15. The fourth-order valence-electron chi connectivity index (χ4n) is 6.15. The van der Waals surface area contributed by atoms with Crippen molar-refractivity contribution >= 4 is 11.5 Å². The predicted octanol–water partition coefficient (Wildman–Crippen LogP) is 2.19. The molecular formula is C27H37FN6O3. The van der Waals surface area contributed by atoms with Gasteiger partial charge in [0.2, 0.25) is 5.91 Å². The van der Waals surface area contributed by atoms with E-state index in [0.29, 0.717) is 19.7 Å². The van der Waals surface area contributed by atoms with Crippen LogP contribution in [0.4, 0.5) is 4.39 Å². The van der Waals surface area contributed by atoms with Crippen LogP contribution in [0.5, 0.6) is 5.75 Å². The van der Waals surface area contributed by atoms with E-state index in [-0.39, 0.29) is 41.6 Å². The summed E-state index contributed by atoms with van der Waals surface area (Å²) in [7, 11) is 3.34. The molecule has 5 N–H and O–H groups in total. The van der Waals surface area contributed by atoms with Gasteiger partial charge < -0.3 is 25.0 Å². The van der Waals surface area contributed by atoms with Gasteiger partial charge >= 0.3 is 0 Å². The molecule has 3 heterocycles. The third-order valence-electron chi connectivity index (χ3n) is 8.19. The first-order chi connectivity index (χ1) is 17.9. The number of halogens is 1. The van der Waals surface area contributed by atoms with Gasteiger partial charge in [-0.1, -0.05) is 19.1 Å². The Morgan fingerprint density at radius 1 is 1.35 bits per heavy atom. The maximum Gasteiger partial charge on any atom is 0.242 e. The maximum absolute atomic E-state index is 15.9. The first-order valence-electron chi connectivity index (χ1n) is 13.1. The topological polar surface area (TPSA) is 115 Å². The Labute approximate surface area is 216 Å².